The van der Waals surface area contributed by atoms with Gasteiger partial charge in [-0.25, -0.2) is 9.78 Å². The number of hydrogen-bond donors (Lipinski definition) is 1. The monoisotopic (exact) mass is 279 g/mol. The van der Waals surface area contributed by atoms with Crippen LogP contribution in [0.1, 0.15) is 48.4 Å². The fourth-order valence-corrected chi connectivity index (χ4v) is 2.60. The van der Waals surface area contributed by atoms with Crippen LogP contribution < -0.4 is 5.32 Å². The average molecular weight is 279 g/mol. The molecule has 0 unspecified atom stereocenters. The van der Waals surface area contributed by atoms with E-state index in [9.17, 15) is 9.59 Å². The minimum atomic E-state index is -0.476. The molecule has 0 atom stereocenters. The van der Waals surface area contributed by atoms with E-state index >= 15 is 0 Å². The van der Waals surface area contributed by atoms with Crippen LogP contribution in [0.15, 0.2) is 6.20 Å². The van der Waals surface area contributed by atoms with Crippen molar-refractivity contribution in [1.29, 1.82) is 0 Å². The fourth-order valence-electron chi connectivity index (χ4n) is 2.60. The van der Waals surface area contributed by atoms with Crippen molar-refractivity contribution in [3.63, 3.8) is 0 Å². The van der Waals surface area contributed by atoms with Gasteiger partial charge in [-0.2, -0.15) is 0 Å². The van der Waals surface area contributed by atoms with Gasteiger partial charge in [0.2, 0.25) is 5.91 Å². The third kappa shape index (κ3) is 3.37. The summed E-state index contributed by atoms with van der Waals surface area (Å²) in [5.74, 6) is 0.0726. The number of carbonyl (C=O) groups is 2. The molecule has 110 valence electrons. The molecule has 1 saturated carbocycles. The van der Waals surface area contributed by atoms with E-state index in [1.807, 2.05) is 0 Å². The van der Waals surface area contributed by atoms with Crippen LogP contribution in [-0.4, -0.2) is 34.6 Å². The summed E-state index contributed by atoms with van der Waals surface area (Å²) in [5.41, 5.74) is 0.309. The number of nitrogens with one attached hydrogen (secondary N) is 1. The van der Waals surface area contributed by atoms with E-state index in [1.165, 1.54) is 32.6 Å². The molecule has 0 saturated heterocycles. The van der Waals surface area contributed by atoms with E-state index < -0.39 is 5.97 Å². The Kier molecular flexibility index (Phi) is 4.76. The Morgan fingerprint density at radius 1 is 1.40 bits per heavy atom. The molecule has 0 aliphatic heterocycles. The summed E-state index contributed by atoms with van der Waals surface area (Å²) in [7, 11) is 1.32. The number of methoxy groups -OCH3 is 1. The summed E-state index contributed by atoms with van der Waals surface area (Å²) < 4.78 is 6.28. The maximum atomic E-state index is 12.1. The van der Waals surface area contributed by atoms with Gasteiger partial charge in [0.05, 0.1) is 13.3 Å². The van der Waals surface area contributed by atoms with Gasteiger partial charge in [0.25, 0.3) is 0 Å². The lowest BCUT2D eigenvalue weighted by Crippen LogP contribution is -2.38. The van der Waals surface area contributed by atoms with Crippen LogP contribution in [0.25, 0.3) is 0 Å². The number of rotatable bonds is 4. The smallest absolute Gasteiger partial charge is 0.356 e. The Balaban J connectivity index is 2.00. The molecule has 1 amide bonds. The molecule has 1 fully saturated rings. The van der Waals surface area contributed by atoms with Gasteiger partial charge in [0, 0.05) is 6.04 Å². The second-order valence-corrected chi connectivity index (χ2v) is 5.17. The van der Waals surface area contributed by atoms with Crippen molar-refractivity contribution in [2.75, 3.05) is 7.11 Å². The van der Waals surface area contributed by atoms with E-state index in [-0.39, 0.29) is 18.5 Å². The van der Waals surface area contributed by atoms with Crippen LogP contribution in [0.2, 0.25) is 0 Å². The molecule has 1 aromatic rings. The van der Waals surface area contributed by atoms with Crippen molar-refractivity contribution in [2.24, 2.45) is 0 Å². The maximum Gasteiger partial charge on any atom is 0.356 e. The van der Waals surface area contributed by atoms with Crippen LogP contribution in [0.5, 0.6) is 0 Å². The molecule has 6 heteroatoms. The van der Waals surface area contributed by atoms with E-state index in [2.05, 4.69) is 10.3 Å². The zero-order chi connectivity index (χ0) is 14.5. The van der Waals surface area contributed by atoms with Crippen molar-refractivity contribution >= 4 is 11.9 Å². The molecule has 6 nitrogen and oxygen atoms in total. The molecule has 1 aromatic heterocycles. The summed E-state index contributed by atoms with van der Waals surface area (Å²) in [4.78, 5) is 27.8. The zero-order valence-corrected chi connectivity index (χ0v) is 12.0. The summed E-state index contributed by atoms with van der Waals surface area (Å²) in [6.07, 6.45) is 7.11. The maximum absolute atomic E-state index is 12.1. The van der Waals surface area contributed by atoms with Crippen LogP contribution in [0, 0.1) is 6.92 Å². The molecule has 0 aromatic carbocycles. The number of carbonyl (C=O) groups excluding carboxylic acids is 2. The van der Waals surface area contributed by atoms with E-state index in [0.717, 1.165) is 12.8 Å². The first-order valence-electron chi connectivity index (χ1n) is 7.01. The number of imidazole rings is 1. The summed E-state index contributed by atoms with van der Waals surface area (Å²) >= 11 is 0. The molecule has 20 heavy (non-hydrogen) atoms. The number of amides is 1. The minimum absolute atomic E-state index is 0.0804. The Hall–Kier alpha value is -1.85. The lowest BCUT2D eigenvalue weighted by molar-refractivity contribution is -0.122. The third-order valence-corrected chi connectivity index (χ3v) is 3.72. The van der Waals surface area contributed by atoms with Gasteiger partial charge >= 0.3 is 5.97 Å². The van der Waals surface area contributed by atoms with Gasteiger partial charge in [-0.05, 0) is 19.8 Å². The van der Waals surface area contributed by atoms with Crippen molar-refractivity contribution < 1.29 is 14.3 Å². The number of nitrogens with zero attached hydrogens (tertiary/aromatic N) is 2. The molecule has 0 spiro atoms. The Bertz CT molecular complexity index is 490. The molecule has 0 bridgehead atoms. The highest BCUT2D eigenvalue weighted by Crippen LogP contribution is 2.17. The molecule has 1 aliphatic carbocycles. The lowest BCUT2D eigenvalue weighted by Gasteiger charge is -2.23. The number of aryl methyl sites for hydroxylation is 1. The quantitative estimate of drug-likeness (QED) is 0.846. The Morgan fingerprint density at radius 2 is 2.10 bits per heavy atom. The van der Waals surface area contributed by atoms with Crippen LogP contribution >= 0.6 is 0 Å². The molecule has 0 radical (unpaired) electrons. The summed E-state index contributed by atoms with van der Waals surface area (Å²) in [6, 6.07) is 0.265. The minimum Gasteiger partial charge on any atom is -0.464 e. The van der Waals surface area contributed by atoms with Gasteiger partial charge in [-0.3, -0.25) is 4.79 Å². The normalized spacial score (nSPS) is 15.9. The summed E-state index contributed by atoms with van der Waals surface area (Å²) in [5, 5.41) is 3.03. The number of aromatic nitrogens is 2. The lowest BCUT2D eigenvalue weighted by atomic mass is 9.95. The predicted molar refractivity (Wildman–Crippen MR) is 73.3 cm³/mol. The van der Waals surface area contributed by atoms with Crippen LogP contribution in [-0.2, 0) is 16.1 Å². The number of hydrogen-bond acceptors (Lipinski definition) is 4. The molecule has 1 aliphatic rings. The van der Waals surface area contributed by atoms with Crippen molar-refractivity contribution in [3.05, 3.63) is 17.7 Å². The molecular formula is C14H21N3O3. The van der Waals surface area contributed by atoms with E-state index in [1.54, 1.807) is 11.5 Å². The highest BCUT2D eigenvalue weighted by molar-refractivity contribution is 5.88. The van der Waals surface area contributed by atoms with Gasteiger partial charge in [0.15, 0.2) is 0 Å². The zero-order valence-electron chi connectivity index (χ0n) is 12.0. The Labute approximate surface area is 118 Å². The van der Waals surface area contributed by atoms with Gasteiger partial charge in [-0.15, -0.1) is 0 Å². The largest absolute Gasteiger partial charge is 0.464 e. The highest BCUT2D eigenvalue weighted by Gasteiger charge is 2.19. The van der Waals surface area contributed by atoms with Crippen molar-refractivity contribution in [2.45, 2.75) is 51.6 Å². The average Bonchev–Trinajstić information content (AvgIpc) is 2.80. The SMILES string of the molecule is COC(=O)c1cnc(C)n1CC(=O)NC1CCCCC1. The third-order valence-electron chi connectivity index (χ3n) is 3.72. The molecule has 1 heterocycles. The first kappa shape index (κ1) is 14.6. The topological polar surface area (TPSA) is 73.2 Å². The van der Waals surface area contributed by atoms with Gasteiger partial charge in [-0.1, -0.05) is 19.3 Å². The fraction of sp³-hybridized carbons (Fsp3) is 0.643. The van der Waals surface area contributed by atoms with E-state index in [4.69, 9.17) is 4.74 Å². The molecular weight excluding hydrogens is 258 g/mol. The van der Waals surface area contributed by atoms with Gasteiger partial charge < -0.3 is 14.6 Å². The first-order chi connectivity index (χ1) is 9.61. The Morgan fingerprint density at radius 3 is 2.75 bits per heavy atom. The number of ether oxygens (including phenoxy) is 1. The predicted octanol–water partition coefficient (Wildman–Crippen LogP) is 1.43. The van der Waals surface area contributed by atoms with Crippen LogP contribution in [0.4, 0.5) is 0 Å². The second kappa shape index (κ2) is 6.54. The van der Waals surface area contributed by atoms with Crippen molar-refractivity contribution in [3.8, 4) is 0 Å². The van der Waals surface area contributed by atoms with Crippen molar-refractivity contribution in [1.82, 2.24) is 14.9 Å². The standard InChI is InChI=1S/C14H21N3O3/c1-10-15-8-12(14(19)20-2)17(10)9-13(18)16-11-6-4-3-5-7-11/h8,11H,3-7,9H2,1-2H3,(H,16,18). The molecule has 1 N–H and O–H groups in total. The second-order valence-electron chi connectivity index (χ2n) is 5.17. The van der Waals surface area contributed by atoms with Gasteiger partial charge in [0.1, 0.15) is 18.1 Å². The van der Waals surface area contributed by atoms with Crippen LogP contribution in [0.3, 0.4) is 0 Å². The number of esters is 1. The highest BCUT2D eigenvalue weighted by atomic mass is 16.5. The first-order valence-corrected chi connectivity index (χ1v) is 7.01. The van der Waals surface area contributed by atoms with E-state index in [0.29, 0.717) is 11.5 Å². The molecule has 2 rings (SSSR count). The summed E-state index contributed by atoms with van der Waals surface area (Å²) in [6.45, 7) is 1.87.